The maximum atomic E-state index is 12.7. The molecule has 3 rings (SSSR count). The molecule has 136 valence electrons. The van der Waals surface area contributed by atoms with Gasteiger partial charge >= 0.3 is 0 Å². The molecule has 0 fully saturated rings. The number of benzene rings is 1. The van der Waals surface area contributed by atoms with Gasteiger partial charge in [0, 0.05) is 12.6 Å². The van der Waals surface area contributed by atoms with E-state index in [1.165, 1.54) is 0 Å². The molecule has 0 saturated carbocycles. The third-order valence-electron chi connectivity index (χ3n) is 4.07. The lowest BCUT2D eigenvalue weighted by molar-refractivity contribution is 0.0945. The van der Waals surface area contributed by atoms with Gasteiger partial charge in [0.25, 0.3) is 5.91 Å². The minimum absolute atomic E-state index is 0.156. The van der Waals surface area contributed by atoms with Gasteiger partial charge in [-0.25, -0.2) is 4.68 Å². The van der Waals surface area contributed by atoms with Gasteiger partial charge in [-0.3, -0.25) is 4.79 Å². The smallest absolute Gasteiger partial charge is 0.270 e. The Hall–Kier alpha value is -3.02. The van der Waals surface area contributed by atoms with Crippen LogP contribution in [0.2, 0.25) is 0 Å². The highest BCUT2D eigenvalue weighted by Gasteiger charge is 2.19. The van der Waals surface area contributed by atoms with Crippen molar-refractivity contribution in [2.75, 3.05) is 13.7 Å². The van der Waals surface area contributed by atoms with Crippen molar-refractivity contribution in [3.63, 3.8) is 0 Å². The van der Waals surface area contributed by atoms with Crippen molar-refractivity contribution in [3.8, 4) is 22.9 Å². The van der Waals surface area contributed by atoms with Gasteiger partial charge < -0.3 is 14.5 Å². The molecule has 2 heterocycles. The molecule has 2 aromatic heterocycles. The Kier molecular flexibility index (Phi) is 5.41. The predicted octanol–water partition coefficient (Wildman–Crippen LogP) is 3.98. The Bertz CT molecular complexity index is 878. The van der Waals surface area contributed by atoms with E-state index < -0.39 is 0 Å². The molecular weight excluding hydrogens is 330 g/mol. The Morgan fingerprint density at radius 3 is 2.62 bits per heavy atom. The lowest BCUT2D eigenvalue weighted by Crippen LogP contribution is -2.26. The summed E-state index contributed by atoms with van der Waals surface area (Å²) in [5, 5.41) is 7.54. The molecule has 0 saturated heterocycles. The largest absolute Gasteiger partial charge is 0.497 e. The monoisotopic (exact) mass is 353 g/mol. The number of amides is 1. The number of furan rings is 1. The summed E-state index contributed by atoms with van der Waals surface area (Å²) in [5.74, 6) is 2.03. The number of rotatable bonds is 7. The SMILES string of the molecule is CCCCNC(=O)c1cc(-c2ccc(C)o2)nn1-c1ccc(OC)cc1. The summed E-state index contributed by atoms with van der Waals surface area (Å²) in [6.07, 6.45) is 1.96. The summed E-state index contributed by atoms with van der Waals surface area (Å²) in [6.45, 7) is 4.60. The van der Waals surface area contributed by atoms with Gasteiger partial charge in [-0.2, -0.15) is 5.10 Å². The van der Waals surface area contributed by atoms with Crippen LogP contribution in [-0.4, -0.2) is 29.3 Å². The van der Waals surface area contributed by atoms with Crippen molar-refractivity contribution < 1.29 is 13.9 Å². The number of nitrogens with zero attached hydrogens (tertiary/aromatic N) is 2. The third kappa shape index (κ3) is 3.79. The van der Waals surface area contributed by atoms with Crippen LogP contribution in [0.3, 0.4) is 0 Å². The summed E-state index contributed by atoms with van der Waals surface area (Å²) >= 11 is 0. The minimum atomic E-state index is -0.156. The normalized spacial score (nSPS) is 10.7. The summed E-state index contributed by atoms with van der Waals surface area (Å²) in [6, 6.07) is 12.9. The van der Waals surface area contributed by atoms with Gasteiger partial charge in [-0.1, -0.05) is 13.3 Å². The van der Waals surface area contributed by atoms with Crippen LogP contribution in [-0.2, 0) is 0 Å². The average Bonchev–Trinajstić information content (AvgIpc) is 3.28. The van der Waals surface area contributed by atoms with Gasteiger partial charge in [0.15, 0.2) is 5.76 Å². The Morgan fingerprint density at radius 2 is 2.00 bits per heavy atom. The van der Waals surface area contributed by atoms with Crippen LogP contribution in [0.1, 0.15) is 36.0 Å². The maximum Gasteiger partial charge on any atom is 0.270 e. The molecule has 0 spiro atoms. The van der Waals surface area contributed by atoms with E-state index in [9.17, 15) is 4.79 Å². The number of hydrogen-bond acceptors (Lipinski definition) is 4. The molecule has 6 nitrogen and oxygen atoms in total. The topological polar surface area (TPSA) is 69.3 Å². The lowest BCUT2D eigenvalue weighted by atomic mass is 10.2. The molecule has 0 bridgehead atoms. The Labute approximate surface area is 152 Å². The quantitative estimate of drug-likeness (QED) is 0.652. The summed E-state index contributed by atoms with van der Waals surface area (Å²) in [7, 11) is 1.62. The van der Waals surface area contributed by atoms with Crippen molar-refractivity contribution in [3.05, 3.63) is 53.9 Å². The molecule has 3 aromatic rings. The number of ether oxygens (including phenoxy) is 1. The zero-order chi connectivity index (χ0) is 18.5. The molecule has 26 heavy (non-hydrogen) atoms. The fourth-order valence-corrected chi connectivity index (χ4v) is 2.62. The van der Waals surface area contributed by atoms with Crippen LogP contribution >= 0.6 is 0 Å². The van der Waals surface area contributed by atoms with Crippen molar-refractivity contribution in [1.29, 1.82) is 0 Å². The van der Waals surface area contributed by atoms with Crippen LogP contribution in [0.25, 0.3) is 17.1 Å². The number of aromatic nitrogens is 2. The van der Waals surface area contributed by atoms with Crippen LogP contribution in [0.15, 0.2) is 46.9 Å². The van der Waals surface area contributed by atoms with Gasteiger partial charge in [-0.05, 0) is 49.7 Å². The van der Waals surface area contributed by atoms with Crippen molar-refractivity contribution >= 4 is 5.91 Å². The van der Waals surface area contributed by atoms with Gasteiger partial charge in [0.2, 0.25) is 0 Å². The lowest BCUT2D eigenvalue weighted by Gasteiger charge is -2.08. The zero-order valence-electron chi connectivity index (χ0n) is 15.3. The van der Waals surface area contributed by atoms with Gasteiger partial charge in [0.05, 0.1) is 12.8 Å². The molecule has 0 aliphatic carbocycles. The van der Waals surface area contributed by atoms with E-state index in [-0.39, 0.29) is 5.91 Å². The molecule has 0 atom stereocenters. The summed E-state index contributed by atoms with van der Waals surface area (Å²) in [5.41, 5.74) is 1.87. The Morgan fingerprint density at radius 1 is 1.23 bits per heavy atom. The number of methoxy groups -OCH3 is 1. The molecule has 1 aromatic carbocycles. The number of nitrogens with one attached hydrogen (secondary N) is 1. The first kappa shape index (κ1) is 17.8. The average molecular weight is 353 g/mol. The van der Waals surface area contributed by atoms with Crippen LogP contribution in [0.4, 0.5) is 0 Å². The van der Waals surface area contributed by atoms with E-state index >= 15 is 0 Å². The van der Waals surface area contributed by atoms with E-state index in [2.05, 4.69) is 17.3 Å². The number of unbranched alkanes of at least 4 members (excludes halogenated alkanes) is 1. The van der Waals surface area contributed by atoms with Crippen molar-refractivity contribution in [2.45, 2.75) is 26.7 Å². The Balaban J connectivity index is 1.98. The van der Waals surface area contributed by atoms with E-state index in [0.29, 0.717) is 23.7 Å². The molecular formula is C20H23N3O3. The third-order valence-corrected chi connectivity index (χ3v) is 4.07. The van der Waals surface area contributed by atoms with Crippen molar-refractivity contribution in [1.82, 2.24) is 15.1 Å². The molecule has 0 aliphatic heterocycles. The van der Waals surface area contributed by atoms with Gasteiger partial charge in [-0.15, -0.1) is 0 Å². The van der Waals surface area contributed by atoms with E-state index in [1.807, 2.05) is 43.3 Å². The second-order valence-electron chi connectivity index (χ2n) is 6.04. The summed E-state index contributed by atoms with van der Waals surface area (Å²) in [4.78, 5) is 12.7. The molecule has 0 aliphatic rings. The first-order valence-electron chi connectivity index (χ1n) is 8.72. The molecule has 0 radical (unpaired) electrons. The van der Waals surface area contributed by atoms with E-state index in [4.69, 9.17) is 9.15 Å². The second-order valence-corrected chi connectivity index (χ2v) is 6.04. The molecule has 0 unspecified atom stereocenters. The maximum absolute atomic E-state index is 12.7. The van der Waals surface area contributed by atoms with Crippen molar-refractivity contribution in [2.24, 2.45) is 0 Å². The van der Waals surface area contributed by atoms with Crippen LogP contribution in [0.5, 0.6) is 5.75 Å². The zero-order valence-corrected chi connectivity index (χ0v) is 15.3. The highest BCUT2D eigenvalue weighted by atomic mass is 16.5. The first-order valence-corrected chi connectivity index (χ1v) is 8.72. The van der Waals surface area contributed by atoms with E-state index in [1.54, 1.807) is 17.9 Å². The first-order chi connectivity index (χ1) is 12.6. The predicted molar refractivity (Wildman–Crippen MR) is 99.8 cm³/mol. The standard InChI is InChI=1S/C20H23N3O3/c1-4-5-12-21-20(24)18-13-17(19-11-6-14(2)26-19)22-23(18)15-7-9-16(25-3)10-8-15/h6-11,13H,4-5,12H2,1-3H3,(H,21,24). The number of carbonyl (C=O) groups is 1. The summed E-state index contributed by atoms with van der Waals surface area (Å²) < 4.78 is 12.5. The molecule has 1 amide bonds. The van der Waals surface area contributed by atoms with Crippen LogP contribution < -0.4 is 10.1 Å². The fraction of sp³-hybridized carbons (Fsp3) is 0.300. The molecule has 1 N–H and O–H groups in total. The second kappa shape index (κ2) is 7.91. The highest BCUT2D eigenvalue weighted by molar-refractivity contribution is 5.94. The number of aryl methyl sites for hydroxylation is 1. The van der Waals surface area contributed by atoms with Gasteiger partial charge in [0.1, 0.15) is 22.9 Å². The van der Waals surface area contributed by atoms with Crippen LogP contribution in [0, 0.1) is 6.92 Å². The fourth-order valence-electron chi connectivity index (χ4n) is 2.62. The molecule has 6 heteroatoms. The van der Waals surface area contributed by atoms with E-state index in [0.717, 1.165) is 30.0 Å². The number of hydrogen-bond donors (Lipinski definition) is 1. The highest BCUT2D eigenvalue weighted by Crippen LogP contribution is 2.24. The number of carbonyl (C=O) groups excluding carboxylic acids is 1. The minimum Gasteiger partial charge on any atom is -0.497 e.